The van der Waals surface area contributed by atoms with Gasteiger partial charge in [0.1, 0.15) is 12.1 Å². The van der Waals surface area contributed by atoms with E-state index in [0.717, 1.165) is 16.0 Å². The summed E-state index contributed by atoms with van der Waals surface area (Å²) in [7, 11) is 1.94. The van der Waals surface area contributed by atoms with E-state index in [4.69, 9.17) is 5.26 Å². The molecule has 76 valence electrons. The van der Waals surface area contributed by atoms with E-state index in [-0.39, 0.29) is 0 Å². The van der Waals surface area contributed by atoms with Crippen LogP contribution in [-0.4, -0.2) is 23.6 Å². The van der Waals surface area contributed by atoms with Crippen molar-refractivity contribution < 1.29 is 0 Å². The molecular weight excluding hydrogens is 208 g/mol. The summed E-state index contributed by atoms with van der Waals surface area (Å²) >= 11 is 1.63. The summed E-state index contributed by atoms with van der Waals surface area (Å²) in [5, 5.41) is 10.5. The standard InChI is InChI=1S/C10H10N4S/c1-14(5-2-4-11)10-9-8(3-6-15-9)12-7-13-10/h3,6-7H,2,5H2,1H3. The van der Waals surface area contributed by atoms with Crippen molar-refractivity contribution in [3.8, 4) is 6.07 Å². The molecule has 0 aliphatic carbocycles. The third-order valence-corrected chi connectivity index (χ3v) is 3.04. The van der Waals surface area contributed by atoms with Crippen molar-refractivity contribution in [1.29, 1.82) is 5.26 Å². The van der Waals surface area contributed by atoms with E-state index in [0.29, 0.717) is 13.0 Å². The van der Waals surface area contributed by atoms with Crippen LogP contribution in [0.4, 0.5) is 5.82 Å². The highest BCUT2D eigenvalue weighted by Crippen LogP contribution is 2.26. The van der Waals surface area contributed by atoms with Gasteiger partial charge in [0, 0.05) is 13.6 Å². The van der Waals surface area contributed by atoms with Crippen molar-refractivity contribution >= 4 is 27.4 Å². The molecule has 0 aliphatic heterocycles. The zero-order valence-corrected chi connectivity index (χ0v) is 9.16. The van der Waals surface area contributed by atoms with E-state index in [2.05, 4.69) is 16.0 Å². The lowest BCUT2D eigenvalue weighted by Crippen LogP contribution is -2.19. The molecule has 0 spiro atoms. The van der Waals surface area contributed by atoms with E-state index in [1.165, 1.54) is 0 Å². The average molecular weight is 218 g/mol. The molecule has 0 N–H and O–H groups in total. The number of hydrogen-bond donors (Lipinski definition) is 0. The molecule has 0 saturated heterocycles. The number of thiophene rings is 1. The van der Waals surface area contributed by atoms with Crippen LogP contribution >= 0.6 is 11.3 Å². The van der Waals surface area contributed by atoms with Gasteiger partial charge in [-0.25, -0.2) is 9.97 Å². The van der Waals surface area contributed by atoms with Gasteiger partial charge in [0.05, 0.1) is 22.7 Å². The SMILES string of the molecule is CN(CCC#N)c1ncnc2ccsc12. The van der Waals surface area contributed by atoms with Crippen LogP contribution in [0.1, 0.15) is 6.42 Å². The zero-order chi connectivity index (χ0) is 10.7. The molecule has 0 aromatic carbocycles. The molecule has 0 bridgehead atoms. The average Bonchev–Trinajstić information content (AvgIpc) is 2.73. The Bertz CT molecular complexity index is 499. The maximum Gasteiger partial charge on any atom is 0.149 e. The Morgan fingerprint density at radius 3 is 3.20 bits per heavy atom. The van der Waals surface area contributed by atoms with Crippen LogP contribution in [0.5, 0.6) is 0 Å². The number of aromatic nitrogens is 2. The predicted octanol–water partition coefficient (Wildman–Crippen LogP) is 2.04. The Balaban J connectivity index is 2.34. The van der Waals surface area contributed by atoms with E-state index >= 15 is 0 Å². The van der Waals surface area contributed by atoms with Crippen LogP contribution < -0.4 is 4.90 Å². The lowest BCUT2D eigenvalue weighted by Gasteiger charge is -2.16. The molecule has 0 aliphatic rings. The smallest absolute Gasteiger partial charge is 0.149 e. The van der Waals surface area contributed by atoms with Crippen LogP contribution in [0.2, 0.25) is 0 Å². The highest BCUT2D eigenvalue weighted by Gasteiger charge is 2.08. The van der Waals surface area contributed by atoms with Gasteiger partial charge in [-0.2, -0.15) is 5.26 Å². The fourth-order valence-corrected chi connectivity index (χ4v) is 2.26. The van der Waals surface area contributed by atoms with Gasteiger partial charge < -0.3 is 4.90 Å². The van der Waals surface area contributed by atoms with Crippen LogP contribution in [0.25, 0.3) is 10.2 Å². The van der Waals surface area contributed by atoms with Crippen molar-refractivity contribution in [2.75, 3.05) is 18.5 Å². The third kappa shape index (κ3) is 1.90. The topological polar surface area (TPSA) is 52.8 Å². The van der Waals surface area contributed by atoms with Crippen molar-refractivity contribution in [2.24, 2.45) is 0 Å². The van der Waals surface area contributed by atoms with E-state index in [1.807, 2.05) is 23.4 Å². The molecule has 2 aromatic heterocycles. The molecule has 0 unspecified atom stereocenters. The van der Waals surface area contributed by atoms with Crippen molar-refractivity contribution in [3.63, 3.8) is 0 Å². The minimum Gasteiger partial charge on any atom is -0.357 e. The number of rotatable bonds is 3. The largest absolute Gasteiger partial charge is 0.357 e. The van der Waals surface area contributed by atoms with Crippen LogP contribution in [0.3, 0.4) is 0 Å². The first-order valence-corrected chi connectivity index (χ1v) is 5.47. The zero-order valence-electron chi connectivity index (χ0n) is 8.34. The normalized spacial score (nSPS) is 10.1. The van der Waals surface area contributed by atoms with Crippen molar-refractivity contribution in [2.45, 2.75) is 6.42 Å². The van der Waals surface area contributed by atoms with Gasteiger partial charge in [-0.3, -0.25) is 0 Å². The number of anilines is 1. The molecule has 0 saturated carbocycles. The molecule has 0 atom stereocenters. The Hall–Kier alpha value is -1.67. The summed E-state index contributed by atoms with van der Waals surface area (Å²) in [6.07, 6.45) is 2.07. The van der Waals surface area contributed by atoms with E-state index in [9.17, 15) is 0 Å². The molecule has 0 amide bonds. The predicted molar refractivity (Wildman–Crippen MR) is 60.9 cm³/mol. The van der Waals surface area contributed by atoms with Gasteiger partial charge >= 0.3 is 0 Å². The molecule has 15 heavy (non-hydrogen) atoms. The lowest BCUT2D eigenvalue weighted by atomic mass is 10.4. The van der Waals surface area contributed by atoms with Crippen LogP contribution in [0, 0.1) is 11.3 Å². The Morgan fingerprint density at radius 2 is 2.40 bits per heavy atom. The minimum atomic E-state index is 0.507. The molecule has 0 radical (unpaired) electrons. The second kappa shape index (κ2) is 4.24. The number of hydrogen-bond acceptors (Lipinski definition) is 5. The summed E-state index contributed by atoms with van der Waals surface area (Å²) in [5.74, 6) is 0.908. The first-order valence-electron chi connectivity index (χ1n) is 4.59. The maximum atomic E-state index is 8.53. The van der Waals surface area contributed by atoms with Crippen molar-refractivity contribution in [1.82, 2.24) is 9.97 Å². The Kier molecular flexibility index (Phi) is 2.79. The Morgan fingerprint density at radius 1 is 1.53 bits per heavy atom. The van der Waals surface area contributed by atoms with Gasteiger partial charge in [-0.15, -0.1) is 11.3 Å². The molecule has 0 fully saturated rings. The summed E-state index contributed by atoms with van der Waals surface area (Å²) in [4.78, 5) is 10.4. The molecule has 5 heteroatoms. The quantitative estimate of drug-likeness (QED) is 0.791. The maximum absolute atomic E-state index is 8.53. The second-order valence-corrected chi connectivity index (χ2v) is 4.08. The second-order valence-electron chi connectivity index (χ2n) is 3.16. The van der Waals surface area contributed by atoms with E-state index < -0.39 is 0 Å². The number of fused-ring (bicyclic) bond motifs is 1. The molecule has 2 rings (SSSR count). The monoisotopic (exact) mass is 218 g/mol. The summed E-state index contributed by atoms with van der Waals surface area (Å²) in [5.41, 5.74) is 0.966. The first kappa shape index (κ1) is 9.87. The van der Waals surface area contributed by atoms with Gasteiger partial charge in [-0.05, 0) is 11.4 Å². The van der Waals surface area contributed by atoms with Crippen LogP contribution in [0.15, 0.2) is 17.8 Å². The molecular formula is C10H10N4S. The van der Waals surface area contributed by atoms with Gasteiger partial charge in [0.25, 0.3) is 0 Å². The number of nitrogens with zero attached hydrogens (tertiary/aromatic N) is 4. The van der Waals surface area contributed by atoms with Crippen LogP contribution in [-0.2, 0) is 0 Å². The van der Waals surface area contributed by atoms with E-state index in [1.54, 1.807) is 17.7 Å². The lowest BCUT2D eigenvalue weighted by molar-refractivity contribution is 0.888. The molecule has 2 heterocycles. The highest BCUT2D eigenvalue weighted by atomic mass is 32.1. The van der Waals surface area contributed by atoms with Gasteiger partial charge in [-0.1, -0.05) is 0 Å². The first-order chi connectivity index (χ1) is 7.33. The van der Waals surface area contributed by atoms with Gasteiger partial charge in [0.2, 0.25) is 0 Å². The third-order valence-electron chi connectivity index (χ3n) is 2.14. The molecule has 4 nitrogen and oxygen atoms in total. The molecule has 2 aromatic rings. The van der Waals surface area contributed by atoms with Crippen molar-refractivity contribution in [3.05, 3.63) is 17.8 Å². The number of nitriles is 1. The fraction of sp³-hybridized carbons (Fsp3) is 0.300. The fourth-order valence-electron chi connectivity index (χ4n) is 1.37. The summed E-state index contributed by atoms with van der Waals surface area (Å²) in [6, 6.07) is 4.10. The van der Waals surface area contributed by atoms with Gasteiger partial charge in [0.15, 0.2) is 0 Å². The Labute approximate surface area is 91.8 Å². The summed E-state index contributed by atoms with van der Waals surface area (Å²) < 4.78 is 1.08. The highest BCUT2D eigenvalue weighted by molar-refractivity contribution is 7.17. The summed E-state index contributed by atoms with van der Waals surface area (Å²) in [6.45, 7) is 0.695. The minimum absolute atomic E-state index is 0.507.